The predicted octanol–water partition coefficient (Wildman–Crippen LogP) is 4.06. The monoisotopic (exact) mass is 324 g/mol. The van der Waals surface area contributed by atoms with Gasteiger partial charge >= 0.3 is 0 Å². The van der Waals surface area contributed by atoms with Crippen molar-refractivity contribution in [3.63, 3.8) is 0 Å². The van der Waals surface area contributed by atoms with E-state index in [0.29, 0.717) is 0 Å². The molecular formula is C20H24N2O2. The first-order chi connectivity index (χ1) is 11.8. The van der Waals surface area contributed by atoms with Gasteiger partial charge in [0.15, 0.2) is 0 Å². The first-order valence-electron chi connectivity index (χ1n) is 8.55. The molecule has 1 fully saturated rings. The Morgan fingerprint density at radius 2 is 1.75 bits per heavy atom. The van der Waals surface area contributed by atoms with E-state index in [1.807, 2.05) is 30.5 Å². The van der Waals surface area contributed by atoms with E-state index in [1.165, 1.54) is 5.69 Å². The number of ether oxygens (including phenoxy) is 2. The van der Waals surface area contributed by atoms with E-state index in [9.17, 15) is 0 Å². The van der Waals surface area contributed by atoms with Gasteiger partial charge in [0.2, 0.25) is 0 Å². The molecule has 2 aromatic carbocycles. The number of morpholine rings is 1. The number of nitrogens with zero attached hydrogens (tertiary/aromatic N) is 2. The second-order valence-electron chi connectivity index (χ2n) is 5.79. The standard InChI is InChI=1S/C20H24N2O2/c1-2-13-24-20-9-3-17(4-10-20)16-21-18-5-7-19(8-6-18)22-11-14-23-15-12-22/h3-10,16H,2,11-15H2,1H3. The zero-order chi connectivity index (χ0) is 16.6. The van der Waals surface area contributed by atoms with Crippen molar-refractivity contribution >= 4 is 17.6 Å². The van der Waals surface area contributed by atoms with Gasteiger partial charge in [0.05, 0.1) is 25.5 Å². The first-order valence-corrected chi connectivity index (χ1v) is 8.55. The maximum atomic E-state index is 5.59. The Bertz CT molecular complexity index is 644. The second-order valence-corrected chi connectivity index (χ2v) is 5.79. The average Bonchev–Trinajstić information content (AvgIpc) is 2.67. The smallest absolute Gasteiger partial charge is 0.119 e. The quantitative estimate of drug-likeness (QED) is 0.751. The third kappa shape index (κ3) is 4.59. The molecule has 0 unspecified atom stereocenters. The fourth-order valence-electron chi connectivity index (χ4n) is 2.59. The fraction of sp³-hybridized carbons (Fsp3) is 0.350. The SMILES string of the molecule is CCCOc1ccc(C=Nc2ccc(N3CCOCC3)cc2)cc1. The van der Waals surface area contributed by atoms with Crippen LogP contribution in [-0.4, -0.2) is 39.1 Å². The molecule has 2 aromatic rings. The molecule has 0 radical (unpaired) electrons. The lowest BCUT2D eigenvalue weighted by Gasteiger charge is -2.28. The summed E-state index contributed by atoms with van der Waals surface area (Å²) in [6.45, 7) is 6.37. The molecule has 0 aliphatic carbocycles. The van der Waals surface area contributed by atoms with Crippen molar-refractivity contribution in [1.82, 2.24) is 0 Å². The van der Waals surface area contributed by atoms with Crippen LogP contribution in [0.15, 0.2) is 53.5 Å². The van der Waals surface area contributed by atoms with Crippen molar-refractivity contribution in [1.29, 1.82) is 0 Å². The summed E-state index contributed by atoms with van der Waals surface area (Å²) in [6.07, 6.45) is 2.90. The molecule has 1 aliphatic rings. The highest BCUT2D eigenvalue weighted by molar-refractivity contribution is 5.82. The van der Waals surface area contributed by atoms with Gasteiger partial charge in [-0.2, -0.15) is 0 Å². The van der Waals surface area contributed by atoms with E-state index in [4.69, 9.17) is 9.47 Å². The van der Waals surface area contributed by atoms with Gasteiger partial charge in [0.1, 0.15) is 5.75 Å². The summed E-state index contributed by atoms with van der Waals surface area (Å²) < 4.78 is 11.0. The highest BCUT2D eigenvalue weighted by Crippen LogP contribution is 2.21. The minimum absolute atomic E-state index is 0.753. The third-order valence-electron chi connectivity index (χ3n) is 3.94. The molecule has 4 nitrogen and oxygen atoms in total. The van der Waals surface area contributed by atoms with Crippen LogP contribution in [0.25, 0.3) is 0 Å². The fourth-order valence-corrected chi connectivity index (χ4v) is 2.59. The molecule has 0 saturated carbocycles. The van der Waals surface area contributed by atoms with Gasteiger partial charge in [0.25, 0.3) is 0 Å². The number of hydrogen-bond donors (Lipinski definition) is 0. The third-order valence-corrected chi connectivity index (χ3v) is 3.94. The van der Waals surface area contributed by atoms with Crippen LogP contribution in [0.1, 0.15) is 18.9 Å². The second kappa shape index (κ2) is 8.50. The van der Waals surface area contributed by atoms with Crippen molar-refractivity contribution < 1.29 is 9.47 Å². The maximum Gasteiger partial charge on any atom is 0.119 e. The molecular weight excluding hydrogens is 300 g/mol. The highest BCUT2D eigenvalue weighted by atomic mass is 16.5. The van der Waals surface area contributed by atoms with E-state index in [1.54, 1.807) is 0 Å². The van der Waals surface area contributed by atoms with Crippen molar-refractivity contribution in [3.05, 3.63) is 54.1 Å². The summed E-state index contributed by atoms with van der Waals surface area (Å²) in [7, 11) is 0. The molecule has 0 bridgehead atoms. The minimum Gasteiger partial charge on any atom is -0.494 e. The molecule has 24 heavy (non-hydrogen) atoms. The molecule has 3 rings (SSSR count). The molecule has 0 aromatic heterocycles. The summed E-state index contributed by atoms with van der Waals surface area (Å²) in [5.74, 6) is 0.906. The number of rotatable bonds is 6. The van der Waals surface area contributed by atoms with Crippen LogP contribution in [-0.2, 0) is 4.74 Å². The summed E-state index contributed by atoms with van der Waals surface area (Å²) in [4.78, 5) is 6.88. The van der Waals surface area contributed by atoms with Crippen LogP contribution < -0.4 is 9.64 Å². The molecule has 1 saturated heterocycles. The Morgan fingerprint density at radius 1 is 1.04 bits per heavy atom. The number of benzene rings is 2. The molecule has 0 spiro atoms. The van der Waals surface area contributed by atoms with Crippen molar-refractivity contribution in [3.8, 4) is 5.75 Å². The maximum absolute atomic E-state index is 5.59. The summed E-state index contributed by atoms with van der Waals surface area (Å²) in [5, 5.41) is 0. The van der Waals surface area contributed by atoms with Crippen molar-refractivity contribution in [2.24, 2.45) is 4.99 Å². The zero-order valence-corrected chi connectivity index (χ0v) is 14.1. The van der Waals surface area contributed by atoms with Crippen LogP contribution >= 0.6 is 0 Å². The Kier molecular flexibility index (Phi) is 5.85. The van der Waals surface area contributed by atoms with Gasteiger partial charge in [-0.05, 0) is 60.5 Å². The zero-order valence-electron chi connectivity index (χ0n) is 14.1. The van der Waals surface area contributed by atoms with E-state index < -0.39 is 0 Å². The number of anilines is 1. The number of aliphatic imine (C=N–C) groups is 1. The topological polar surface area (TPSA) is 34.1 Å². The Hall–Kier alpha value is -2.33. The Labute approximate surface area is 143 Å². The van der Waals surface area contributed by atoms with E-state index in [0.717, 1.165) is 56.3 Å². The van der Waals surface area contributed by atoms with Crippen LogP contribution in [0.5, 0.6) is 5.75 Å². The molecule has 126 valence electrons. The van der Waals surface area contributed by atoms with Gasteiger partial charge < -0.3 is 14.4 Å². The lowest BCUT2D eigenvalue weighted by Crippen LogP contribution is -2.36. The molecule has 4 heteroatoms. The summed E-state index contributed by atoms with van der Waals surface area (Å²) in [6, 6.07) is 16.4. The van der Waals surface area contributed by atoms with Gasteiger partial charge in [-0.1, -0.05) is 6.92 Å². The Morgan fingerprint density at radius 3 is 2.42 bits per heavy atom. The molecule has 1 aliphatic heterocycles. The van der Waals surface area contributed by atoms with E-state index >= 15 is 0 Å². The summed E-state index contributed by atoms with van der Waals surface area (Å²) in [5.41, 5.74) is 3.25. The lowest BCUT2D eigenvalue weighted by atomic mass is 10.2. The predicted molar refractivity (Wildman–Crippen MR) is 99.0 cm³/mol. The van der Waals surface area contributed by atoms with Gasteiger partial charge in [-0.25, -0.2) is 0 Å². The highest BCUT2D eigenvalue weighted by Gasteiger charge is 2.10. The van der Waals surface area contributed by atoms with Gasteiger partial charge in [-0.3, -0.25) is 4.99 Å². The molecule has 1 heterocycles. The molecule has 0 amide bonds. The number of hydrogen-bond acceptors (Lipinski definition) is 4. The largest absolute Gasteiger partial charge is 0.494 e. The van der Waals surface area contributed by atoms with Crippen LogP contribution in [0.2, 0.25) is 0 Å². The van der Waals surface area contributed by atoms with Crippen molar-refractivity contribution in [2.75, 3.05) is 37.8 Å². The van der Waals surface area contributed by atoms with Crippen LogP contribution in [0, 0.1) is 0 Å². The molecule has 0 N–H and O–H groups in total. The lowest BCUT2D eigenvalue weighted by molar-refractivity contribution is 0.122. The van der Waals surface area contributed by atoms with Gasteiger partial charge in [-0.15, -0.1) is 0 Å². The minimum atomic E-state index is 0.753. The molecule has 0 atom stereocenters. The van der Waals surface area contributed by atoms with Crippen LogP contribution in [0.4, 0.5) is 11.4 Å². The summed E-state index contributed by atoms with van der Waals surface area (Å²) >= 11 is 0. The van der Waals surface area contributed by atoms with E-state index in [2.05, 4.69) is 41.1 Å². The first kappa shape index (κ1) is 16.5. The normalized spacial score (nSPS) is 15.0. The van der Waals surface area contributed by atoms with Crippen molar-refractivity contribution in [2.45, 2.75) is 13.3 Å². The Balaban J connectivity index is 1.59. The van der Waals surface area contributed by atoms with E-state index in [-0.39, 0.29) is 0 Å². The average molecular weight is 324 g/mol. The van der Waals surface area contributed by atoms with Crippen LogP contribution in [0.3, 0.4) is 0 Å². The van der Waals surface area contributed by atoms with Gasteiger partial charge in [0, 0.05) is 25.0 Å².